The summed E-state index contributed by atoms with van der Waals surface area (Å²) in [5.74, 6) is 0.695. The van der Waals surface area contributed by atoms with Crippen molar-refractivity contribution in [3.8, 4) is 11.5 Å². The Balaban J connectivity index is 0.00000361. The van der Waals surface area contributed by atoms with Crippen LogP contribution in [0.5, 0.6) is 11.5 Å². The molecule has 1 aromatic heterocycles. The second kappa shape index (κ2) is 11.3. The van der Waals surface area contributed by atoms with Gasteiger partial charge in [-0.1, -0.05) is 30.3 Å². The highest BCUT2D eigenvalue weighted by molar-refractivity contribution is 7.92. The number of sulfonamides is 1. The van der Waals surface area contributed by atoms with Crippen molar-refractivity contribution in [2.45, 2.75) is 12.8 Å². The Labute approximate surface area is 215 Å². The molecule has 1 amide bonds. The van der Waals surface area contributed by atoms with Crippen LogP contribution < -0.4 is 25.2 Å². The molecule has 0 spiro atoms. The molecule has 3 aromatic carbocycles. The van der Waals surface area contributed by atoms with Crippen LogP contribution in [0.4, 0.5) is 17.1 Å². The van der Waals surface area contributed by atoms with E-state index in [0.29, 0.717) is 41.4 Å². The summed E-state index contributed by atoms with van der Waals surface area (Å²) in [4.78, 5) is 15.9. The third-order valence-electron chi connectivity index (χ3n) is 5.26. The molecule has 0 unspecified atom stereocenters. The van der Waals surface area contributed by atoms with E-state index in [1.165, 1.54) is 7.11 Å². The van der Waals surface area contributed by atoms with E-state index in [1.54, 1.807) is 18.2 Å². The first-order valence-corrected chi connectivity index (χ1v) is 12.8. The minimum atomic E-state index is -3.42. The number of nitrogens with zero attached hydrogens (tertiary/aromatic N) is 1. The van der Waals surface area contributed by atoms with Crippen molar-refractivity contribution in [3.05, 3.63) is 60.7 Å². The number of halogens is 1. The zero-order chi connectivity index (χ0) is 25.0. The number of hydrogen-bond acceptors (Lipinski definition) is 7. The van der Waals surface area contributed by atoms with Crippen LogP contribution in [-0.4, -0.2) is 39.3 Å². The van der Waals surface area contributed by atoms with Crippen LogP contribution >= 0.6 is 12.4 Å². The Bertz CT molecular complexity index is 1510. The topological polar surface area (TPSA) is 133 Å². The molecule has 1 heterocycles. The first-order valence-electron chi connectivity index (χ1n) is 10.9. The third-order valence-corrected chi connectivity index (χ3v) is 5.87. The Morgan fingerprint density at radius 3 is 2.50 bits per heavy atom. The van der Waals surface area contributed by atoms with Gasteiger partial charge >= 0.3 is 0 Å². The average Bonchev–Trinajstić information content (AvgIpc) is 2.81. The van der Waals surface area contributed by atoms with Crippen molar-refractivity contribution in [1.29, 1.82) is 0 Å². The molecule has 4 N–H and O–H groups in total. The summed E-state index contributed by atoms with van der Waals surface area (Å²) in [7, 11) is -1.91. The number of anilines is 3. The number of fused-ring (bicyclic) bond motifs is 2. The summed E-state index contributed by atoms with van der Waals surface area (Å²) in [6.07, 6.45) is 1.85. The van der Waals surface area contributed by atoms with E-state index < -0.39 is 10.0 Å². The molecule has 0 aliphatic heterocycles. The molecular weight excluding hydrogens is 504 g/mol. The van der Waals surface area contributed by atoms with E-state index >= 15 is 0 Å². The van der Waals surface area contributed by atoms with Crippen LogP contribution in [0, 0.1) is 0 Å². The van der Waals surface area contributed by atoms with Crippen molar-refractivity contribution in [2.75, 3.05) is 30.0 Å². The molecule has 4 aromatic rings. The van der Waals surface area contributed by atoms with Gasteiger partial charge in [-0.15, -0.1) is 12.4 Å². The quantitative estimate of drug-likeness (QED) is 0.202. The summed E-state index contributed by atoms with van der Waals surface area (Å²) in [6, 6.07) is 18.4. The van der Waals surface area contributed by atoms with E-state index in [4.69, 9.17) is 20.2 Å². The number of hydrogen-bond donors (Lipinski definition) is 3. The number of benzene rings is 3. The molecule has 190 valence electrons. The van der Waals surface area contributed by atoms with Crippen LogP contribution in [0.15, 0.2) is 60.7 Å². The van der Waals surface area contributed by atoms with Crippen molar-refractivity contribution >= 4 is 67.2 Å². The predicted molar refractivity (Wildman–Crippen MR) is 145 cm³/mol. The Morgan fingerprint density at radius 1 is 1.03 bits per heavy atom. The number of amides is 1. The lowest BCUT2D eigenvalue weighted by Crippen LogP contribution is -2.12. The Hall–Kier alpha value is -3.76. The predicted octanol–water partition coefficient (Wildman–Crippen LogP) is 4.58. The Kier molecular flexibility index (Phi) is 8.44. The number of para-hydroxylation sites is 2. The number of methoxy groups -OCH3 is 1. The maximum atomic E-state index is 11.6. The molecule has 11 heteroatoms. The summed E-state index contributed by atoms with van der Waals surface area (Å²) < 4.78 is 37.2. The van der Waals surface area contributed by atoms with Gasteiger partial charge in [-0.25, -0.2) is 13.4 Å². The molecule has 0 atom stereocenters. The fraction of sp³-hybridized carbons (Fsp3) is 0.200. The monoisotopic (exact) mass is 530 g/mol. The van der Waals surface area contributed by atoms with Crippen LogP contribution in [0.3, 0.4) is 0 Å². The summed E-state index contributed by atoms with van der Waals surface area (Å²) in [5.41, 5.74) is 8.50. The molecule has 0 fully saturated rings. The van der Waals surface area contributed by atoms with Gasteiger partial charge in [0.25, 0.3) is 0 Å². The number of ether oxygens (including phenoxy) is 2. The molecular formula is C25H27ClN4O5S. The van der Waals surface area contributed by atoms with E-state index in [2.05, 4.69) is 10.0 Å². The van der Waals surface area contributed by atoms with Gasteiger partial charge in [0.15, 0.2) is 0 Å². The SMILES string of the molecule is COc1cc(NS(C)(=O)=O)ccc1Nc1c2ccccc2nc2c(OCCCC(N)=O)cccc12.Cl. The molecule has 0 saturated carbocycles. The van der Waals surface area contributed by atoms with Crippen LogP contribution in [0.2, 0.25) is 0 Å². The number of primary amides is 1. The summed E-state index contributed by atoms with van der Waals surface area (Å²) in [6.45, 7) is 0.335. The molecule has 0 bridgehead atoms. The lowest BCUT2D eigenvalue weighted by Gasteiger charge is -2.17. The first-order chi connectivity index (χ1) is 16.7. The fourth-order valence-electron chi connectivity index (χ4n) is 3.77. The van der Waals surface area contributed by atoms with Crippen molar-refractivity contribution < 1.29 is 22.7 Å². The zero-order valence-corrected chi connectivity index (χ0v) is 21.4. The fourth-order valence-corrected chi connectivity index (χ4v) is 4.33. The van der Waals surface area contributed by atoms with Gasteiger partial charge in [0, 0.05) is 23.3 Å². The second-order valence-electron chi connectivity index (χ2n) is 7.99. The van der Waals surface area contributed by atoms with E-state index in [1.807, 2.05) is 42.5 Å². The molecule has 0 aliphatic rings. The standard InChI is InChI=1S/C25H26N4O5S.ClH/c1-33-22-15-16(29-35(2,31)32)12-13-20(22)28-24-17-7-3-4-9-19(17)27-25-18(24)8-5-10-21(25)34-14-6-11-23(26)30;/h3-5,7-10,12-13,15,29H,6,11,14H2,1-2H3,(H2,26,30)(H,27,28);1H. The van der Waals surface area contributed by atoms with Crippen LogP contribution in [-0.2, 0) is 14.8 Å². The van der Waals surface area contributed by atoms with E-state index in [0.717, 1.165) is 28.2 Å². The van der Waals surface area contributed by atoms with Crippen molar-refractivity contribution in [3.63, 3.8) is 0 Å². The molecule has 0 radical (unpaired) electrons. The lowest BCUT2D eigenvalue weighted by molar-refractivity contribution is -0.118. The van der Waals surface area contributed by atoms with Gasteiger partial charge in [0.05, 0.1) is 42.6 Å². The maximum Gasteiger partial charge on any atom is 0.229 e. The molecule has 0 aliphatic carbocycles. The summed E-state index contributed by atoms with van der Waals surface area (Å²) in [5, 5.41) is 5.17. The number of carbonyl (C=O) groups excluding carboxylic acids is 1. The van der Waals surface area contributed by atoms with Gasteiger partial charge in [0.1, 0.15) is 17.0 Å². The number of nitrogens with one attached hydrogen (secondary N) is 2. The van der Waals surface area contributed by atoms with Crippen LogP contribution in [0.25, 0.3) is 21.8 Å². The highest BCUT2D eigenvalue weighted by Crippen LogP contribution is 2.39. The number of aromatic nitrogens is 1. The maximum absolute atomic E-state index is 11.6. The third kappa shape index (κ3) is 6.27. The molecule has 36 heavy (non-hydrogen) atoms. The smallest absolute Gasteiger partial charge is 0.229 e. The second-order valence-corrected chi connectivity index (χ2v) is 9.74. The zero-order valence-electron chi connectivity index (χ0n) is 19.8. The van der Waals surface area contributed by atoms with Gasteiger partial charge in [0.2, 0.25) is 15.9 Å². The van der Waals surface area contributed by atoms with Gasteiger partial charge in [-0.05, 0) is 30.7 Å². The number of rotatable bonds is 10. The van der Waals surface area contributed by atoms with Crippen molar-refractivity contribution in [1.82, 2.24) is 4.98 Å². The average molecular weight is 531 g/mol. The Morgan fingerprint density at radius 2 is 1.78 bits per heavy atom. The van der Waals surface area contributed by atoms with Crippen molar-refractivity contribution in [2.24, 2.45) is 5.73 Å². The van der Waals surface area contributed by atoms with Crippen LogP contribution in [0.1, 0.15) is 12.8 Å². The van der Waals surface area contributed by atoms with Gasteiger partial charge < -0.3 is 20.5 Å². The minimum absolute atomic E-state index is 0. The molecule has 0 saturated heterocycles. The van der Waals surface area contributed by atoms with Gasteiger partial charge in [-0.2, -0.15) is 0 Å². The molecule has 9 nitrogen and oxygen atoms in total. The number of carbonyl (C=O) groups is 1. The highest BCUT2D eigenvalue weighted by atomic mass is 35.5. The normalized spacial score (nSPS) is 11.1. The van der Waals surface area contributed by atoms with E-state index in [9.17, 15) is 13.2 Å². The summed E-state index contributed by atoms with van der Waals surface area (Å²) >= 11 is 0. The number of pyridine rings is 1. The van der Waals surface area contributed by atoms with E-state index in [-0.39, 0.29) is 24.7 Å². The van der Waals surface area contributed by atoms with Gasteiger partial charge in [-0.3, -0.25) is 9.52 Å². The largest absolute Gasteiger partial charge is 0.494 e. The lowest BCUT2D eigenvalue weighted by atomic mass is 10.1. The highest BCUT2D eigenvalue weighted by Gasteiger charge is 2.15. The number of nitrogens with two attached hydrogens (primary N) is 1. The molecule has 4 rings (SSSR count). The minimum Gasteiger partial charge on any atom is -0.494 e. The first kappa shape index (κ1) is 26.8.